The highest BCUT2D eigenvalue weighted by atomic mass is 32.2. The molecule has 1 fully saturated rings. The molecule has 0 spiro atoms. The molecule has 1 amide bonds. The van der Waals surface area contributed by atoms with Gasteiger partial charge in [-0.1, -0.05) is 0 Å². The lowest BCUT2D eigenvalue weighted by molar-refractivity contribution is -0.152. The van der Waals surface area contributed by atoms with E-state index in [-0.39, 0.29) is 17.8 Å². The number of piperidine rings is 1. The predicted octanol–water partition coefficient (Wildman–Crippen LogP) is 1.65. The monoisotopic (exact) mass is 412 g/mol. The summed E-state index contributed by atoms with van der Waals surface area (Å²) in [6.07, 6.45) is 1.62. The maximum Gasteiger partial charge on any atom is 0.309 e. The van der Waals surface area contributed by atoms with E-state index < -0.39 is 16.1 Å². The van der Waals surface area contributed by atoms with Crippen LogP contribution in [0.25, 0.3) is 0 Å². The first kappa shape index (κ1) is 22.0. The zero-order valence-electron chi connectivity index (χ0n) is 16.8. The highest BCUT2D eigenvalue weighted by Crippen LogP contribution is 2.23. The van der Waals surface area contributed by atoms with Gasteiger partial charge in [-0.25, -0.2) is 8.42 Å². The SMILES string of the molecule is CCOC(=O)C1CCN(C(=O)[C@H](C)Oc2ccc(N(C)S(C)(=O)=O)cc2)CC1. The summed E-state index contributed by atoms with van der Waals surface area (Å²) in [4.78, 5) is 26.1. The summed E-state index contributed by atoms with van der Waals surface area (Å²) in [6, 6.07) is 6.51. The minimum Gasteiger partial charge on any atom is -0.481 e. The van der Waals surface area contributed by atoms with Crippen LogP contribution < -0.4 is 9.04 Å². The molecule has 1 aliphatic heterocycles. The third kappa shape index (κ3) is 5.60. The van der Waals surface area contributed by atoms with E-state index in [0.717, 1.165) is 6.26 Å². The number of ether oxygens (including phenoxy) is 2. The Kier molecular flexibility index (Phi) is 7.29. The van der Waals surface area contributed by atoms with Crippen molar-refractivity contribution < 1.29 is 27.5 Å². The van der Waals surface area contributed by atoms with Gasteiger partial charge in [-0.15, -0.1) is 0 Å². The highest BCUT2D eigenvalue weighted by molar-refractivity contribution is 7.92. The number of nitrogens with zero attached hydrogens (tertiary/aromatic N) is 2. The van der Waals surface area contributed by atoms with Gasteiger partial charge >= 0.3 is 5.97 Å². The molecule has 1 saturated heterocycles. The zero-order chi connectivity index (χ0) is 20.9. The number of sulfonamides is 1. The Balaban J connectivity index is 1.90. The van der Waals surface area contributed by atoms with Gasteiger partial charge in [0.15, 0.2) is 6.10 Å². The van der Waals surface area contributed by atoms with Crippen LogP contribution in [0, 0.1) is 5.92 Å². The van der Waals surface area contributed by atoms with Crippen molar-refractivity contribution >= 4 is 27.6 Å². The van der Waals surface area contributed by atoms with E-state index in [9.17, 15) is 18.0 Å². The van der Waals surface area contributed by atoms with Gasteiger partial charge in [0.2, 0.25) is 10.0 Å². The molecule has 1 atom stereocenters. The Labute approximate surface area is 166 Å². The fourth-order valence-corrected chi connectivity index (χ4v) is 3.54. The molecular formula is C19H28N2O6S. The van der Waals surface area contributed by atoms with E-state index in [1.54, 1.807) is 43.0 Å². The molecule has 9 heteroatoms. The van der Waals surface area contributed by atoms with Crippen LogP contribution in [0.5, 0.6) is 5.75 Å². The molecule has 0 bridgehead atoms. The van der Waals surface area contributed by atoms with E-state index in [1.807, 2.05) is 0 Å². The Morgan fingerprint density at radius 1 is 1.21 bits per heavy atom. The number of carbonyl (C=O) groups excluding carboxylic acids is 2. The Hall–Kier alpha value is -2.29. The molecule has 2 rings (SSSR count). The van der Waals surface area contributed by atoms with Crippen LogP contribution in [0.3, 0.4) is 0 Å². The summed E-state index contributed by atoms with van der Waals surface area (Å²) in [5.74, 6) is -0.00907. The van der Waals surface area contributed by atoms with Crippen molar-refractivity contribution in [2.75, 3.05) is 37.3 Å². The number of likely N-dealkylation sites (tertiary alicyclic amines) is 1. The van der Waals surface area contributed by atoms with Crippen molar-refractivity contribution in [2.45, 2.75) is 32.8 Å². The third-order valence-electron chi connectivity index (χ3n) is 4.78. The Bertz CT molecular complexity index is 785. The molecule has 0 N–H and O–H groups in total. The average Bonchev–Trinajstić information content (AvgIpc) is 2.67. The second-order valence-electron chi connectivity index (χ2n) is 6.84. The lowest BCUT2D eigenvalue weighted by Crippen LogP contribution is -2.45. The van der Waals surface area contributed by atoms with Crippen LogP contribution in [-0.4, -0.2) is 64.3 Å². The molecule has 0 radical (unpaired) electrons. The number of hydrogen-bond donors (Lipinski definition) is 0. The molecule has 1 aromatic rings. The van der Waals surface area contributed by atoms with Crippen molar-refractivity contribution in [3.63, 3.8) is 0 Å². The van der Waals surface area contributed by atoms with Crippen LogP contribution in [0.2, 0.25) is 0 Å². The number of hydrogen-bond acceptors (Lipinski definition) is 6. The summed E-state index contributed by atoms with van der Waals surface area (Å²) in [7, 11) is -1.87. The van der Waals surface area contributed by atoms with Gasteiger partial charge in [0.1, 0.15) is 5.75 Å². The molecule has 0 saturated carbocycles. The smallest absolute Gasteiger partial charge is 0.309 e. The molecule has 1 aromatic carbocycles. The van der Waals surface area contributed by atoms with Gasteiger partial charge in [-0.2, -0.15) is 0 Å². The zero-order valence-corrected chi connectivity index (χ0v) is 17.6. The van der Waals surface area contributed by atoms with Gasteiger partial charge in [0.25, 0.3) is 5.91 Å². The van der Waals surface area contributed by atoms with Gasteiger partial charge in [-0.05, 0) is 51.0 Å². The molecule has 28 heavy (non-hydrogen) atoms. The molecular weight excluding hydrogens is 384 g/mol. The third-order valence-corrected chi connectivity index (χ3v) is 5.99. The average molecular weight is 413 g/mol. The van der Waals surface area contributed by atoms with E-state index in [0.29, 0.717) is 44.0 Å². The van der Waals surface area contributed by atoms with Crippen molar-refractivity contribution in [1.82, 2.24) is 4.90 Å². The maximum absolute atomic E-state index is 12.6. The lowest BCUT2D eigenvalue weighted by Gasteiger charge is -2.32. The normalized spacial score (nSPS) is 16.4. The first-order chi connectivity index (χ1) is 13.1. The number of esters is 1. The van der Waals surface area contributed by atoms with Crippen molar-refractivity contribution in [3.05, 3.63) is 24.3 Å². The van der Waals surface area contributed by atoms with Gasteiger partial charge in [0, 0.05) is 20.1 Å². The van der Waals surface area contributed by atoms with E-state index >= 15 is 0 Å². The minimum atomic E-state index is -3.34. The fourth-order valence-electron chi connectivity index (χ4n) is 3.03. The van der Waals surface area contributed by atoms with Gasteiger partial charge in [0.05, 0.1) is 24.5 Å². The van der Waals surface area contributed by atoms with E-state index in [4.69, 9.17) is 9.47 Å². The second kappa shape index (κ2) is 9.27. The summed E-state index contributed by atoms with van der Waals surface area (Å²) >= 11 is 0. The number of rotatable bonds is 7. The van der Waals surface area contributed by atoms with Crippen molar-refractivity contribution in [3.8, 4) is 5.75 Å². The topological polar surface area (TPSA) is 93.2 Å². The molecule has 0 aliphatic carbocycles. The Morgan fingerprint density at radius 3 is 2.29 bits per heavy atom. The summed E-state index contributed by atoms with van der Waals surface area (Å²) in [5.41, 5.74) is 0.509. The number of carbonyl (C=O) groups is 2. The van der Waals surface area contributed by atoms with Crippen LogP contribution in [0.15, 0.2) is 24.3 Å². The summed E-state index contributed by atoms with van der Waals surface area (Å²) in [5, 5.41) is 0. The van der Waals surface area contributed by atoms with Gasteiger partial charge < -0.3 is 14.4 Å². The summed E-state index contributed by atoms with van der Waals surface area (Å²) in [6.45, 7) is 4.81. The maximum atomic E-state index is 12.6. The highest BCUT2D eigenvalue weighted by Gasteiger charge is 2.30. The lowest BCUT2D eigenvalue weighted by atomic mass is 9.97. The number of amides is 1. The fraction of sp³-hybridized carbons (Fsp3) is 0.579. The van der Waals surface area contributed by atoms with E-state index in [1.165, 1.54) is 11.4 Å². The van der Waals surface area contributed by atoms with Crippen LogP contribution in [0.1, 0.15) is 26.7 Å². The minimum absolute atomic E-state index is 0.139. The van der Waals surface area contributed by atoms with Crippen molar-refractivity contribution in [2.24, 2.45) is 5.92 Å². The standard InChI is InChI=1S/C19H28N2O6S/c1-5-26-19(23)15-10-12-21(13-11-15)18(22)14(2)27-17-8-6-16(7-9-17)20(3)28(4,24)25/h6-9,14-15H,5,10-13H2,1-4H3/t14-/m0/s1. The number of benzene rings is 1. The van der Waals surface area contributed by atoms with Gasteiger partial charge in [-0.3, -0.25) is 13.9 Å². The van der Waals surface area contributed by atoms with Crippen molar-refractivity contribution in [1.29, 1.82) is 0 Å². The summed E-state index contributed by atoms with van der Waals surface area (Å²) < 4.78 is 35.1. The molecule has 1 aliphatic rings. The molecule has 0 unspecified atom stereocenters. The molecule has 0 aromatic heterocycles. The van der Waals surface area contributed by atoms with Crippen LogP contribution in [0.4, 0.5) is 5.69 Å². The first-order valence-corrected chi connectivity index (χ1v) is 11.1. The van der Waals surface area contributed by atoms with Crippen LogP contribution >= 0.6 is 0 Å². The molecule has 156 valence electrons. The molecule has 8 nitrogen and oxygen atoms in total. The first-order valence-electron chi connectivity index (χ1n) is 9.29. The van der Waals surface area contributed by atoms with Crippen LogP contribution in [-0.2, 0) is 24.3 Å². The largest absolute Gasteiger partial charge is 0.481 e. The predicted molar refractivity (Wildman–Crippen MR) is 106 cm³/mol. The second-order valence-corrected chi connectivity index (χ2v) is 8.85. The number of anilines is 1. The van der Waals surface area contributed by atoms with E-state index in [2.05, 4.69) is 0 Å². The Morgan fingerprint density at radius 2 is 1.79 bits per heavy atom. The quantitative estimate of drug-likeness (QED) is 0.632. The molecule has 1 heterocycles.